The van der Waals surface area contributed by atoms with Crippen molar-refractivity contribution in [1.82, 2.24) is 24.7 Å². The van der Waals surface area contributed by atoms with Crippen LogP contribution in [0.25, 0.3) is 22.4 Å². The fraction of sp³-hybridized carbons (Fsp3) is 0.154. The summed E-state index contributed by atoms with van der Waals surface area (Å²) in [7, 11) is 1.80. The van der Waals surface area contributed by atoms with Crippen LogP contribution in [0.2, 0.25) is 0 Å². The number of aliphatic carboxylic acids is 1. The summed E-state index contributed by atoms with van der Waals surface area (Å²) in [6, 6.07) is 5.65. The SMILES string of the molecule is Cn1c(SCC(=O)O)nnc1-c1cccc2nccnc12. The van der Waals surface area contributed by atoms with E-state index in [0.717, 1.165) is 28.4 Å². The molecule has 8 heteroatoms. The lowest BCUT2D eigenvalue weighted by Gasteiger charge is -2.05. The number of nitrogens with zero attached hydrogens (tertiary/aromatic N) is 5. The van der Waals surface area contributed by atoms with Gasteiger partial charge >= 0.3 is 5.97 Å². The highest BCUT2D eigenvalue weighted by Gasteiger charge is 2.15. The summed E-state index contributed by atoms with van der Waals surface area (Å²) in [6.07, 6.45) is 3.26. The topological polar surface area (TPSA) is 93.8 Å². The monoisotopic (exact) mass is 301 g/mol. The highest BCUT2D eigenvalue weighted by Crippen LogP contribution is 2.26. The van der Waals surface area contributed by atoms with Crippen molar-refractivity contribution < 1.29 is 9.90 Å². The molecule has 0 atom stereocenters. The van der Waals surface area contributed by atoms with Gasteiger partial charge in [-0.05, 0) is 12.1 Å². The molecule has 0 bridgehead atoms. The smallest absolute Gasteiger partial charge is 0.313 e. The van der Waals surface area contributed by atoms with E-state index in [2.05, 4.69) is 20.2 Å². The number of carbonyl (C=O) groups is 1. The van der Waals surface area contributed by atoms with Crippen LogP contribution in [0.1, 0.15) is 0 Å². The maximum absolute atomic E-state index is 10.6. The highest BCUT2D eigenvalue weighted by atomic mass is 32.2. The Labute approximate surface area is 124 Å². The molecule has 7 nitrogen and oxygen atoms in total. The number of hydrogen-bond donors (Lipinski definition) is 1. The zero-order chi connectivity index (χ0) is 14.8. The second kappa shape index (κ2) is 5.49. The number of hydrogen-bond acceptors (Lipinski definition) is 6. The van der Waals surface area contributed by atoms with E-state index in [0.29, 0.717) is 11.0 Å². The molecule has 2 heterocycles. The molecule has 0 amide bonds. The summed E-state index contributed by atoms with van der Waals surface area (Å²) in [5, 5.41) is 17.5. The van der Waals surface area contributed by atoms with Crippen LogP contribution >= 0.6 is 11.8 Å². The maximum Gasteiger partial charge on any atom is 0.313 e. The second-order valence-electron chi connectivity index (χ2n) is 4.28. The summed E-state index contributed by atoms with van der Waals surface area (Å²) in [5.41, 5.74) is 2.33. The van der Waals surface area contributed by atoms with Crippen LogP contribution in [0.5, 0.6) is 0 Å². The Kier molecular flexibility index (Phi) is 3.53. The minimum Gasteiger partial charge on any atom is -0.481 e. The molecule has 1 N–H and O–H groups in total. The minimum atomic E-state index is -0.888. The van der Waals surface area contributed by atoms with Gasteiger partial charge in [-0.2, -0.15) is 0 Å². The fourth-order valence-corrected chi connectivity index (χ4v) is 2.61. The van der Waals surface area contributed by atoms with Gasteiger partial charge in [-0.1, -0.05) is 17.8 Å². The Hall–Kier alpha value is -2.48. The molecule has 0 aliphatic carbocycles. The predicted octanol–water partition coefficient (Wildman–Crippen LogP) is 1.60. The van der Waals surface area contributed by atoms with E-state index in [9.17, 15) is 4.79 Å². The summed E-state index contributed by atoms with van der Waals surface area (Å²) in [5.74, 6) is -0.309. The first-order valence-electron chi connectivity index (χ1n) is 6.11. The minimum absolute atomic E-state index is 0.0542. The number of carboxylic acids is 1. The first-order valence-corrected chi connectivity index (χ1v) is 7.09. The third-order valence-electron chi connectivity index (χ3n) is 2.90. The number of para-hydroxylation sites is 1. The van der Waals surface area contributed by atoms with Gasteiger partial charge in [-0.15, -0.1) is 10.2 Å². The summed E-state index contributed by atoms with van der Waals surface area (Å²) >= 11 is 1.13. The van der Waals surface area contributed by atoms with E-state index in [1.165, 1.54) is 0 Å². The van der Waals surface area contributed by atoms with Crippen LogP contribution in [0.3, 0.4) is 0 Å². The molecule has 3 rings (SSSR count). The molecule has 21 heavy (non-hydrogen) atoms. The van der Waals surface area contributed by atoms with Gasteiger partial charge in [0.05, 0.1) is 16.8 Å². The normalized spacial score (nSPS) is 10.9. The number of aromatic nitrogens is 5. The Morgan fingerprint density at radius 1 is 1.29 bits per heavy atom. The van der Waals surface area contributed by atoms with Crippen molar-refractivity contribution in [2.24, 2.45) is 7.05 Å². The molecule has 106 valence electrons. The van der Waals surface area contributed by atoms with Gasteiger partial charge in [-0.25, -0.2) is 0 Å². The van der Waals surface area contributed by atoms with Crippen molar-refractivity contribution in [3.8, 4) is 11.4 Å². The largest absolute Gasteiger partial charge is 0.481 e. The average Bonchev–Trinajstić information content (AvgIpc) is 2.85. The number of benzene rings is 1. The van der Waals surface area contributed by atoms with Gasteiger partial charge in [0.1, 0.15) is 0 Å². The Bertz CT molecular complexity index is 812. The predicted molar refractivity (Wildman–Crippen MR) is 77.9 cm³/mol. The molecule has 0 saturated carbocycles. The highest BCUT2D eigenvalue weighted by molar-refractivity contribution is 7.99. The molecule has 1 aromatic carbocycles. The van der Waals surface area contributed by atoms with Gasteiger partial charge in [0, 0.05) is 25.0 Å². The van der Waals surface area contributed by atoms with Crippen molar-refractivity contribution in [2.45, 2.75) is 5.16 Å². The molecule has 0 saturated heterocycles. The van der Waals surface area contributed by atoms with E-state index in [-0.39, 0.29) is 5.75 Å². The molecule has 0 aliphatic heterocycles. The van der Waals surface area contributed by atoms with E-state index < -0.39 is 5.97 Å². The Morgan fingerprint density at radius 2 is 2.10 bits per heavy atom. The second-order valence-corrected chi connectivity index (χ2v) is 5.22. The van der Waals surface area contributed by atoms with Crippen molar-refractivity contribution >= 4 is 28.8 Å². The molecular formula is C13H11N5O2S. The molecule has 0 radical (unpaired) electrons. The van der Waals surface area contributed by atoms with Crippen molar-refractivity contribution in [3.63, 3.8) is 0 Å². The molecule has 0 fully saturated rings. The quantitative estimate of drug-likeness (QED) is 0.731. The van der Waals surface area contributed by atoms with Gasteiger partial charge < -0.3 is 9.67 Å². The summed E-state index contributed by atoms with van der Waals surface area (Å²) < 4.78 is 1.76. The van der Waals surface area contributed by atoms with Crippen molar-refractivity contribution in [1.29, 1.82) is 0 Å². The summed E-state index contributed by atoms with van der Waals surface area (Å²) in [4.78, 5) is 19.2. The number of thioether (sulfide) groups is 1. The lowest BCUT2D eigenvalue weighted by molar-refractivity contribution is -0.133. The Morgan fingerprint density at radius 3 is 2.90 bits per heavy atom. The third kappa shape index (κ3) is 2.57. The van der Waals surface area contributed by atoms with Gasteiger partial charge in [-0.3, -0.25) is 14.8 Å². The van der Waals surface area contributed by atoms with Crippen LogP contribution < -0.4 is 0 Å². The first kappa shape index (κ1) is 13.5. The molecule has 0 aliphatic rings. The van der Waals surface area contributed by atoms with Crippen LogP contribution in [-0.2, 0) is 11.8 Å². The van der Waals surface area contributed by atoms with Crippen LogP contribution in [0, 0.1) is 0 Å². The van der Waals surface area contributed by atoms with Crippen LogP contribution in [0.4, 0.5) is 0 Å². The zero-order valence-electron chi connectivity index (χ0n) is 11.1. The number of carboxylic acid groups (broad SMARTS) is 1. The first-order chi connectivity index (χ1) is 10.2. The number of fused-ring (bicyclic) bond motifs is 1. The third-order valence-corrected chi connectivity index (χ3v) is 3.90. The Balaban J connectivity index is 2.05. The van der Waals surface area contributed by atoms with E-state index >= 15 is 0 Å². The van der Waals surface area contributed by atoms with Gasteiger partial charge in [0.25, 0.3) is 0 Å². The maximum atomic E-state index is 10.6. The van der Waals surface area contributed by atoms with Crippen LogP contribution in [0.15, 0.2) is 35.7 Å². The average molecular weight is 301 g/mol. The van der Waals surface area contributed by atoms with Gasteiger partial charge in [0.2, 0.25) is 0 Å². The lowest BCUT2D eigenvalue weighted by Crippen LogP contribution is -2.01. The van der Waals surface area contributed by atoms with Crippen LogP contribution in [-0.4, -0.2) is 41.6 Å². The van der Waals surface area contributed by atoms with Crippen molar-refractivity contribution in [3.05, 3.63) is 30.6 Å². The molecule has 3 aromatic rings. The molecule has 2 aromatic heterocycles. The molecule has 0 unspecified atom stereocenters. The van der Waals surface area contributed by atoms with E-state index in [4.69, 9.17) is 5.11 Å². The summed E-state index contributed by atoms with van der Waals surface area (Å²) in [6.45, 7) is 0. The van der Waals surface area contributed by atoms with E-state index in [1.807, 2.05) is 18.2 Å². The fourth-order valence-electron chi connectivity index (χ4n) is 1.97. The standard InChI is InChI=1S/C13H11N5O2S/c1-18-12(16-17-13(18)21-7-10(19)20)8-3-2-4-9-11(8)15-6-5-14-9/h2-6H,7H2,1H3,(H,19,20). The molecular weight excluding hydrogens is 290 g/mol. The molecule has 0 spiro atoms. The number of rotatable bonds is 4. The van der Waals surface area contributed by atoms with Gasteiger partial charge in [0.15, 0.2) is 11.0 Å². The zero-order valence-corrected chi connectivity index (χ0v) is 11.9. The van der Waals surface area contributed by atoms with Crippen molar-refractivity contribution in [2.75, 3.05) is 5.75 Å². The van der Waals surface area contributed by atoms with E-state index in [1.54, 1.807) is 24.0 Å². The lowest BCUT2D eigenvalue weighted by atomic mass is 10.1.